The summed E-state index contributed by atoms with van der Waals surface area (Å²) in [5.41, 5.74) is 1.23. The van der Waals surface area contributed by atoms with Crippen molar-refractivity contribution in [3.05, 3.63) is 35.7 Å². The topological polar surface area (TPSA) is 85.7 Å². The Morgan fingerprint density at radius 3 is 2.69 bits per heavy atom. The Kier molecular flexibility index (Phi) is 5.62. The van der Waals surface area contributed by atoms with Crippen LogP contribution in [0.25, 0.3) is 0 Å². The molecule has 0 aromatic heterocycles. The average molecular weight is 417 g/mol. The van der Waals surface area contributed by atoms with Gasteiger partial charge in [0, 0.05) is 32.7 Å². The fourth-order valence-corrected chi connectivity index (χ4v) is 4.67. The number of thioether (sulfide) groups is 1. The van der Waals surface area contributed by atoms with E-state index >= 15 is 0 Å². The first kappa shape index (κ1) is 19.9. The van der Waals surface area contributed by atoms with Crippen molar-refractivity contribution >= 4 is 35.1 Å². The van der Waals surface area contributed by atoms with E-state index < -0.39 is 16.9 Å². The summed E-state index contributed by atoms with van der Waals surface area (Å²) >= 11 is 0.980. The van der Waals surface area contributed by atoms with Crippen molar-refractivity contribution in [1.29, 1.82) is 0 Å². The van der Waals surface area contributed by atoms with Gasteiger partial charge in [-0.25, -0.2) is 4.79 Å². The van der Waals surface area contributed by atoms with Gasteiger partial charge < -0.3 is 14.7 Å². The number of amides is 3. The van der Waals surface area contributed by atoms with Crippen LogP contribution in [0.15, 0.2) is 40.7 Å². The quantitative estimate of drug-likeness (QED) is 0.753. The van der Waals surface area contributed by atoms with Gasteiger partial charge in [0.15, 0.2) is 0 Å². The number of imide groups is 1. The van der Waals surface area contributed by atoms with Crippen molar-refractivity contribution in [3.63, 3.8) is 0 Å². The van der Waals surface area contributed by atoms with Crippen molar-refractivity contribution in [2.75, 3.05) is 51.3 Å². The maximum atomic E-state index is 12.6. The molecule has 1 aromatic carbocycles. The van der Waals surface area contributed by atoms with Crippen LogP contribution in [-0.4, -0.2) is 83.9 Å². The summed E-state index contributed by atoms with van der Waals surface area (Å²) in [6, 6.07) is 7.41. The molecule has 0 saturated carbocycles. The minimum Gasteiger partial charge on any atom is -0.495 e. The smallest absolute Gasteiger partial charge is 0.350 e. The zero-order valence-corrected chi connectivity index (χ0v) is 17.1. The third-order valence-electron chi connectivity index (χ3n) is 5.45. The fourth-order valence-electron chi connectivity index (χ4n) is 3.83. The van der Waals surface area contributed by atoms with Gasteiger partial charge in [-0.15, -0.1) is 0 Å². The van der Waals surface area contributed by atoms with Crippen LogP contribution in [0.5, 0.6) is 5.75 Å². The number of nitrogens with zero attached hydrogens (tertiary/aromatic N) is 4. The molecule has 1 aromatic rings. The van der Waals surface area contributed by atoms with E-state index in [4.69, 9.17) is 4.74 Å². The highest BCUT2D eigenvalue weighted by Crippen LogP contribution is 2.36. The van der Waals surface area contributed by atoms with Gasteiger partial charge in [-0.3, -0.25) is 14.6 Å². The molecule has 1 saturated heterocycles. The monoisotopic (exact) mass is 416 g/mol. The lowest BCUT2D eigenvalue weighted by Crippen LogP contribution is -2.56. The molecule has 3 amide bonds. The SMILES string of the molecule is COc1ccccc1N1CCN(CCCN2C(=O)N=C3C=CSC3(O)C2=O)CC1. The summed E-state index contributed by atoms with van der Waals surface area (Å²) in [7, 11) is 1.68. The number of rotatable bonds is 6. The van der Waals surface area contributed by atoms with Crippen molar-refractivity contribution < 1.29 is 19.4 Å². The highest BCUT2D eigenvalue weighted by atomic mass is 32.2. The van der Waals surface area contributed by atoms with Gasteiger partial charge in [-0.1, -0.05) is 23.9 Å². The van der Waals surface area contributed by atoms with E-state index in [-0.39, 0.29) is 12.3 Å². The molecule has 3 aliphatic rings. The number of hydrogen-bond acceptors (Lipinski definition) is 7. The average Bonchev–Trinajstić information content (AvgIpc) is 3.12. The van der Waals surface area contributed by atoms with E-state index in [0.29, 0.717) is 6.42 Å². The van der Waals surface area contributed by atoms with Crippen LogP contribution in [0, 0.1) is 0 Å². The van der Waals surface area contributed by atoms with E-state index in [2.05, 4.69) is 20.9 Å². The molecule has 0 spiro atoms. The largest absolute Gasteiger partial charge is 0.495 e. The lowest BCUT2D eigenvalue weighted by Gasteiger charge is -2.37. The summed E-state index contributed by atoms with van der Waals surface area (Å²) in [6.07, 6.45) is 2.16. The number of para-hydroxylation sites is 2. The summed E-state index contributed by atoms with van der Waals surface area (Å²) in [4.78, 5) is 32.5. The predicted molar refractivity (Wildman–Crippen MR) is 112 cm³/mol. The maximum Gasteiger partial charge on any atom is 0.350 e. The van der Waals surface area contributed by atoms with Crippen LogP contribution < -0.4 is 9.64 Å². The first-order valence-electron chi connectivity index (χ1n) is 9.65. The molecule has 29 heavy (non-hydrogen) atoms. The van der Waals surface area contributed by atoms with E-state index in [1.165, 1.54) is 6.08 Å². The molecule has 1 unspecified atom stereocenters. The highest BCUT2D eigenvalue weighted by molar-refractivity contribution is 8.05. The highest BCUT2D eigenvalue weighted by Gasteiger charge is 2.51. The summed E-state index contributed by atoms with van der Waals surface area (Å²) in [5, 5.41) is 12.1. The Bertz CT molecular complexity index is 866. The van der Waals surface area contributed by atoms with Gasteiger partial charge in [-0.2, -0.15) is 4.99 Å². The molecular formula is C20H24N4O4S. The molecule has 0 bridgehead atoms. The number of methoxy groups -OCH3 is 1. The minimum absolute atomic E-state index is 0.126. The van der Waals surface area contributed by atoms with Crippen LogP contribution in [0.4, 0.5) is 10.5 Å². The number of ether oxygens (including phenoxy) is 1. The first-order valence-corrected chi connectivity index (χ1v) is 10.5. The van der Waals surface area contributed by atoms with Crippen LogP contribution in [0.1, 0.15) is 6.42 Å². The second-order valence-electron chi connectivity index (χ2n) is 7.16. The van der Waals surface area contributed by atoms with Crippen LogP contribution >= 0.6 is 11.8 Å². The molecule has 1 fully saturated rings. The van der Waals surface area contributed by atoms with Gasteiger partial charge in [-0.05, 0) is 36.6 Å². The van der Waals surface area contributed by atoms with Gasteiger partial charge in [0.05, 0.1) is 18.5 Å². The van der Waals surface area contributed by atoms with Crippen molar-refractivity contribution in [2.24, 2.45) is 4.99 Å². The number of aliphatic imine (C=N–C) groups is 1. The van der Waals surface area contributed by atoms with E-state index in [0.717, 1.165) is 60.8 Å². The Balaban J connectivity index is 1.27. The lowest BCUT2D eigenvalue weighted by atomic mass is 10.1. The second kappa shape index (κ2) is 8.17. The fraction of sp³-hybridized carbons (Fsp3) is 0.450. The van der Waals surface area contributed by atoms with Gasteiger partial charge in [0.2, 0.25) is 4.93 Å². The number of anilines is 1. The van der Waals surface area contributed by atoms with E-state index in [1.807, 2.05) is 18.2 Å². The summed E-state index contributed by atoms with van der Waals surface area (Å²) in [5.74, 6) is 0.281. The van der Waals surface area contributed by atoms with Crippen molar-refractivity contribution in [2.45, 2.75) is 11.4 Å². The number of aliphatic hydroxyl groups is 1. The Labute approximate surface area is 173 Å². The number of benzene rings is 1. The normalized spacial score (nSPS) is 24.7. The van der Waals surface area contributed by atoms with Gasteiger partial charge in [0.25, 0.3) is 5.91 Å². The molecule has 3 aliphatic heterocycles. The molecule has 154 valence electrons. The number of hydrogen-bond donors (Lipinski definition) is 1. The lowest BCUT2D eigenvalue weighted by molar-refractivity contribution is -0.136. The van der Waals surface area contributed by atoms with Gasteiger partial charge >= 0.3 is 6.03 Å². The second-order valence-corrected chi connectivity index (χ2v) is 8.25. The minimum atomic E-state index is -1.74. The zero-order valence-electron chi connectivity index (χ0n) is 16.3. The molecule has 8 nitrogen and oxygen atoms in total. The van der Waals surface area contributed by atoms with E-state index in [1.54, 1.807) is 12.5 Å². The predicted octanol–water partition coefficient (Wildman–Crippen LogP) is 1.56. The Hall–Kier alpha value is -2.36. The summed E-state index contributed by atoms with van der Waals surface area (Å²) < 4.78 is 5.45. The summed E-state index contributed by atoms with van der Waals surface area (Å²) in [6.45, 7) is 4.59. The molecule has 0 aliphatic carbocycles. The van der Waals surface area contributed by atoms with E-state index in [9.17, 15) is 14.7 Å². The van der Waals surface area contributed by atoms with Crippen LogP contribution in [0.3, 0.4) is 0 Å². The van der Waals surface area contributed by atoms with Crippen molar-refractivity contribution in [3.8, 4) is 5.75 Å². The number of carbonyl (C=O) groups excluding carboxylic acids is 2. The molecular weight excluding hydrogens is 392 g/mol. The Morgan fingerprint density at radius 1 is 1.17 bits per heavy atom. The molecule has 1 N–H and O–H groups in total. The Morgan fingerprint density at radius 2 is 1.93 bits per heavy atom. The molecule has 9 heteroatoms. The van der Waals surface area contributed by atoms with Crippen LogP contribution in [0.2, 0.25) is 0 Å². The first-order chi connectivity index (χ1) is 14.0. The molecule has 3 heterocycles. The molecule has 0 radical (unpaired) electrons. The van der Waals surface area contributed by atoms with Gasteiger partial charge in [0.1, 0.15) is 5.75 Å². The number of fused-ring (bicyclic) bond motifs is 1. The van der Waals surface area contributed by atoms with Crippen LogP contribution in [-0.2, 0) is 4.79 Å². The number of urea groups is 1. The standard InChI is InChI=1S/C20H24N4O4S/c1-28-16-6-3-2-5-15(16)23-12-10-22(11-13-23)8-4-9-24-18(25)20(27)17(7-14-29-20)21-19(24)26/h2-3,5-7,14,27H,4,8-13H2,1H3. The number of piperazine rings is 1. The third-order valence-corrected chi connectivity index (χ3v) is 6.44. The molecule has 1 atom stereocenters. The number of carbonyl (C=O) groups is 2. The van der Waals surface area contributed by atoms with Crippen molar-refractivity contribution in [1.82, 2.24) is 9.80 Å². The molecule has 4 rings (SSSR count). The zero-order chi connectivity index (χ0) is 20.4. The maximum absolute atomic E-state index is 12.6. The third kappa shape index (κ3) is 3.77.